The van der Waals surface area contributed by atoms with Crippen molar-refractivity contribution in [1.82, 2.24) is 0 Å². The molecule has 0 spiro atoms. The number of primary sulfonamides is 1. The van der Waals surface area contributed by atoms with Gasteiger partial charge in [0, 0.05) is 10.7 Å². The predicted octanol–water partition coefficient (Wildman–Crippen LogP) is 2.50. The molecule has 0 aliphatic rings. The third-order valence-electron chi connectivity index (χ3n) is 2.40. The summed E-state index contributed by atoms with van der Waals surface area (Å²) in [4.78, 5) is -1.67. The van der Waals surface area contributed by atoms with Gasteiger partial charge in [0.05, 0.1) is 0 Å². The maximum atomic E-state index is 12.7. The van der Waals surface area contributed by atoms with E-state index in [1.807, 2.05) is 0 Å². The molecule has 0 amide bonds. The average Bonchev–Trinajstić information content (AvgIpc) is 2.43. The van der Waals surface area contributed by atoms with E-state index >= 15 is 0 Å². The van der Waals surface area contributed by atoms with Gasteiger partial charge < -0.3 is 0 Å². The van der Waals surface area contributed by atoms with Gasteiger partial charge >= 0.3 is 0 Å². The van der Waals surface area contributed by atoms with Crippen LogP contribution in [-0.4, -0.2) is 16.8 Å². The minimum atomic E-state index is -4.20. The molecule has 0 saturated heterocycles. The third-order valence-corrected chi connectivity index (χ3v) is 4.67. The first-order valence-corrected chi connectivity index (χ1v) is 9.56. The van der Waals surface area contributed by atoms with Gasteiger partial charge in [0.25, 0.3) is 9.05 Å². The zero-order valence-electron chi connectivity index (χ0n) is 11.4. The largest absolute Gasteiger partial charge is 0.264 e. The van der Waals surface area contributed by atoms with E-state index in [1.54, 1.807) is 0 Å². The fraction of sp³-hybridized carbons (Fsp3) is 0. The van der Waals surface area contributed by atoms with Crippen molar-refractivity contribution in [3.63, 3.8) is 0 Å². The highest BCUT2D eigenvalue weighted by atomic mass is 35.7. The molecule has 0 atom stereocenters. The molecule has 5 nitrogen and oxygen atoms in total. The fourth-order valence-electron chi connectivity index (χ4n) is 1.38. The molecule has 2 N–H and O–H groups in total. The molecule has 0 fully saturated rings. The van der Waals surface area contributed by atoms with Crippen LogP contribution < -0.4 is 5.14 Å². The summed E-state index contributed by atoms with van der Waals surface area (Å²) >= 11 is 0. The molecule has 24 heavy (non-hydrogen) atoms. The lowest BCUT2D eigenvalue weighted by atomic mass is 10.3. The van der Waals surface area contributed by atoms with Crippen LogP contribution in [0.2, 0.25) is 0 Å². The van der Waals surface area contributed by atoms with Gasteiger partial charge in [-0.2, -0.15) is 0 Å². The van der Waals surface area contributed by atoms with Crippen LogP contribution in [0.5, 0.6) is 0 Å². The number of nitrogens with two attached hydrogens (primary N) is 1. The molecule has 0 radical (unpaired) electrons. The Morgan fingerprint density at radius 2 is 1.12 bits per heavy atom. The Labute approximate surface area is 139 Å². The summed E-state index contributed by atoms with van der Waals surface area (Å²) in [5, 5.41) is 4.59. The number of hydrogen-bond acceptors (Lipinski definition) is 4. The first-order valence-electron chi connectivity index (χ1n) is 5.71. The van der Waals surface area contributed by atoms with E-state index in [-0.39, 0.29) is 0 Å². The van der Waals surface area contributed by atoms with E-state index < -0.39 is 52.1 Å². The maximum absolute atomic E-state index is 12.7. The van der Waals surface area contributed by atoms with Crippen molar-refractivity contribution >= 4 is 29.8 Å². The molecule has 0 bridgehead atoms. The van der Waals surface area contributed by atoms with Gasteiger partial charge in [-0.15, -0.1) is 0 Å². The van der Waals surface area contributed by atoms with E-state index in [0.29, 0.717) is 0 Å². The Kier molecular flexibility index (Phi) is 6.33. The second-order valence-corrected chi connectivity index (χ2v) is 8.15. The minimum Gasteiger partial charge on any atom is -0.225 e. The maximum Gasteiger partial charge on any atom is 0.264 e. The fourth-order valence-corrected chi connectivity index (χ4v) is 2.90. The van der Waals surface area contributed by atoms with E-state index in [0.717, 1.165) is 36.4 Å². The van der Waals surface area contributed by atoms with E-state index in [4.69, 9.17) is 10.7 Å². The Bertz CT molecular complexity index is 886. The van der Waals surface area contributed by atoms with Crippen molar-refractivity contribution in [3.05, 3.63) is 59.7 Å². The van der Waals surface area contributed by atoms with Crippen molar-refractivity contribution in [2.75, 3.05) is 0 Å². The molecule has 132 valence electrons. The van der Waals surface area contributed by atoms with Crippen LogP contribution in [0.25, 0.3) is 0 Å². The average molecular weight is 406 g/mol. The summed E-state index contributed by atoms with van der Waals surface area (Å²) < 4.78 is 92.4. The van der Waals surface area contributed by atoms with Crippen molar-refractivity contribution in [2.24, 2.45) is 5.14 Å². The summed E-state index contributed by atoms with van der Waals surface area (Å²) in [6.45, 7) is 0. The molecule has 0 aliphatic carbocycles. The first kappa shape index (κ1) is 20.4. The summed E-state index contributed by atoms with van der Waals surface area (Å²) in [7, 11) is -3.57. The van der Waals surface area contributed by atoms with Crippen molar-refractivity contribution in [3.8, 4) is 0 Å². The van der Waals surface area contributed by atoms with Crippen LogP contribution in [-0.2, 0) is 19.1 Å². The molecule has 0 saturated carbocycles. The Morgan fingerprint density at radius 1 is 0.750 bits per heavy atom. The van der Waals surface area contributed by atoms with Crippen LogP contribution in [0.15, 0.2) is 46.2 Å². The second-order valence-electron chi connectivity index (χ2n) is 4.09. The standard InChI is InChI=1S/C6H3ClF2O2S.C6H5F2NO2S/c7-12(10,11)5-3-1-2-4(8)6(5)9;7-4-2-1-3-5(6(4)8)12(9,10)11/h1-3H;1-3H,(H2,9,10,11). The number of halogens is 5. The zero-order chi connectivity index (χ0) is 18.7. The lowest BCUT2D eigenvalue weighted by Crippen LogP contribution is -2.14. The highest BCUT2D eigenvalue weighted by Crippen LogP contribution is 2.20. The van der Waals surface area contributed by atoms with Gasteiger partial charge in [-0.3, -0.25) is 0 Å². The molecular formula is C12H8ClF4NO4S2. The SMILES string of the molecule is NS(=O)(=O)c1cccc(F)c1F.O=S(=O)(Cl)c1cccc(F)c1F. The quantitative estimate of drug-likeness (QED) is 0.613. The molecule has 2 rings (SSSR count). The van der Waals surface area contributed by atoms with Gasteiger partial charge in [0.1, 0.15) is 9.79 Å². The van der Waals surface area contributed by atoms with E-state index in [2.05, 4.69) is 5.14 Å². The van der Waals surface area contributed by atoms with Crippen LogP contribution in [0.3, 0.4) is 0 Å². The van der Waals surface area contributed by atoms with Crippen LogP contribution in [0.1, 0.15) is 0 Å². The van der Waals surface area contributed by atoms with E-state index in [1.165, 1.54) is 0 Å². The molecular weight excluding hydrogens is 398 g/mol. The summed E-state index contributed by atoms with van der Waals surface area (Å²) in [6.07, 6.45) is 0. The summed E-state index contributed by atoms with van der Waals surface area (Å²) in [5.41, 5.74) is 0. The monoisotopic (exact) mass is 405 g/mol. The normalized spacial score (nSPS) is 11.6. The molecule has 0 aromatic heterocycles. The zero-order valence-corrected chi connectivity index (χ0v) is 13.8. The second kappa shape index (κ2) is 7.47. The van der Waals surface area contributed by atoms with Crippen LogP contribution in [0, 0.1) is 23.3 Å². The van der Waals surface area contributed by atoms with Gasteiger partial charge in [-0.05, 0) is 24.3 Å². The molecule has 2 aromatic rings. The third kappa shape index (κ3) is 5.16. The van der Waals surface area contributed by atoms with Gasteiger partial charge in [0.2, 0.25) is 10.0 Å². The topological polar surface area (TPSA) is 94.3 Å². The predicted molar refractivity (Wildman–Crippen MR) is 77.1 cm³/mol. The number of sulfonamides is 1. The Hall–Kier alpha value is -1.69. The highest BCUT2D eigenvalue weighted by molar-refractivity contribution is 8.13. The highest BCUT2D eigenvalue weighted by Gasteiger charge is 2.18. The van der Waals surface area contributed by atoms with Crippen molar-refractivity contribution in [1.29, 1.82) is 0 Å². The van der Waals surface area contributed by atoms with Crippen molar-refractivity contribution < 1.29 is 34.4 Å². The molecule has 12 heteroatoms. The van der Waals surface area contributed by atoms with Gasteiger partial charge in [-0.25, -0.2) is 39.5 Å². The number of hydrogen-bond donors (Lipinski definition) is 1. The number of benzene rings is 2. The lowest BCUT2D eigenvalue weighted by Gasteiger charge is -1.99. The van der Waals surface area contributed by atoms with E-state index in [9.17, 15) is 34.4 Å². The lowest BCUT2D eigenvalue weighted by molar-refractivity contribution is 0.485. The smallest absolute Gasteiger partial charge is 0.225 e. The van der Waals surface area contributed by atoms with Gasteiger partial charge in [-0.1, -0.05) is 12.1 Å². The number of rotatable bonds is 2. The van der Waals surface area contributed by atoms with Gasteiger partial charge in [0.15, 0.2) is 23.3 Å². The summed E-state index contributed by atoms with van der Waals surface area (Å²) in [5.74, 6) is -5.37. The minimum absolute atomic E-state index is 0.806. The van der Waals surface area contributed by atoms with Crippen LogP contribution >= 0.6 is 10.7 Å². The summed E-state index contributed by atoms with van der Waals surface area (Å²) in [6, 6.07) is 5.53. The molecule has 0 heterocycles. The Morgan fingerprint density at radius 3 is 1.42 bits per heavy atom. The molecule has 0 aliphatic heterocycles. The van der Waals surface area contributed by atoms with Crippen LogP contribution in [0.4, 0.5) is 17.6 Å². The first-order chi connectivity index (χ1) is 10.9. The molecule has 2 aromatic carbocycles. The van der Waals surface area contributed by atoms with Crippen molar-refractivity contribution in [2.45, 2.75) is 9.79 Å². The molecule has 0 unspecified atom stereocenters. The Balaban J connectivity index is 0.000000240.